The Morgan fingerprint density at radius 1 is 1.59 bits per heavy atom. The van der Waals surface area contributed by atoms with Gasteiger partial charge in [0.2, 0.25) is 0 Å². The van der Waals surface area contributed by atoms with E-state index in [1.165, 1.54) is 12.8 Å². The van der Waals surface area contributed by atoms with Crippen LogP contribution in [-0.2, 0) is 5.33 Å². The summed E-state index contributed by atoms with van der Waals surface area (Å²) in [5, 5.41) is 11.4. The Balaban J connectivity index is 2.34. The molecule has 1 aromatic rings. The number of nitro groups is 1. The fourth-order valence-corrected chi connectivity index (χ4v) is 2.80. The van der Waals surface area contributed by atoms with Crippen LogP contribution in [0.2, 0.25) is 0 Å². The summed E-state index contributed by atoms with van der Waals surface area (Å²) in [6, 6.07) is 5.91. The van der Waals surface area contributed by atoms with Gasteiger partial charge < -0.3 is 4.90 Å². The van der Waals surface area contributed by atoms with E-state index >= 15 is 0 Å². The Morgan fingerprint density at radius 2 is 2.35 bits per heavy atom. The number of hydrogen-bond donors (Lipinski definition) is 0. The molecule has 1 aliphatic heterocycles. The van der Waals surface area contributed by atoms with Crippen molar-refractivity contribution >= 4 is 27.3 Å². The predicted octanol–water partition coefficient (Wildman–Crippen LogP) is 3.48. The van der Waals surface area contributed by atoms with Crippen molar-refractivity contribution < 1.29 is 4.92 Å². The minimum atomic E-state index is -0.326. The summed E-state index contributed by atoms with van der Waals surface area (Å²) in [5.74, 6) is 0. The summed E-state index contributed by atoms with van der Waals surface area (Å²) >= 11 is 3.31. The number of nitro benzene ring substituents is 1. The van der Waals surface area contributed by atoms with Crippen LogP contribution in [0.15, 0.2) is 18.2 Å². The van der Waals surface area contributed by atoms with E-state index in [-0.39, 0.29) is 10.6 Å². The van der Waals surface area contributed by atoms with Crippen LogP contribution in [0, 0.1) is 10.1 Å². The van der Waals surface area contributed by atoms with Gasteiger partial charge in [0.25, 0.3) is 5.69 Å². The molecular weight excluding hydrogens is 284 g/mol. The first-order valence-electron chi connectivity index (χ1n) is 5.73. The Morgan fingerprint density at radius 3 is 2.88 bits per heavy atom. The van der Waals surface area contributed by atoms with Crippen molar-refractivity contribution in [2.75, 3.05) is 11.4 Å². The van der Waals surface area contributed by atoms with E-state index in [1.807, 2.05) is 12.1 Å². The van der Waals surface area contributed by atoms with Gasteiger partial charge in [0.05, 0.1) is 4.92 Å². The molecule has 1 unspecified atom stereocenters. The van der Waals surface area contributed by atoms with Gasteiger partial charge in [-0.15, -0.1) is 0 Å². The fraction of sp³-hybridized carbons (Fsp3) is 0.500. The molecule has 0 radical (unpaired) electrons. The zero-order chi connectivity index (χ0) is 12.4. The topological polar surface area (TPSA) is 46.4 Å². The maximum absolute atomic E-state index is 10.8. The Labute approximate surface area is 109 Å². The van der Waals surface area contributed by atoms with Gasteiger partial charge in [0, 0.05) is 35.2 Å². The Bertz CT molecular complexity index is 437. The maximum atomic E-state index is 10.8. The SMILES string of the molecule is CC1CCCN1c1ccc([N+](=O)[O-])c(CBr)c1. The average Bonchev–Trinajstić information content (AvgIpc) is 2.74. The van der Waals surface area contributed by atoms with Crippen molar-refractivity contribution in [1.29, 1.82) is 0 Å². The molecule has 1 atom stereocenters. The molecule has 0 amide bonds. The number of halogens is 1. The van der Waals surface area contributed by atoms with E-state index in [9.17, 15) is 10.1 Å². The standard InChI is InChI=1S/C12H15BrN2O2/c1-9-3-2-6-14(9)11-4-5-12(15(16)17)10(7-11)8-13/h4-5,7,9H,2-3,6,8H2,1H3. The van der Waals surface area contributed by atoms with E-state index in [2.05, 4.69) is 27.8 Å². The molecule has 0 aliphatic carbocycles. The zero-order valence-corrected chi connectivity index (χ0v) is 11.3. The van der Waals surface area contributed by atoms with Crippen molar-refractivity contribution in [3.63, 3.8) is 0 Å². The number of anilines is 1. The lowest BCUT2D eigenvalue weighted by Crippen LogP contribution is -2.26. The van der Waals surface area contributed by atoms with E-state index < -0.39 is 0 Å². The molecule has 0 spiro atoms. The van der Waals surface area contributed by atoms with E-state index in [0.29, 0.717) is 11.4 Å². The number of rotatable bonds is 3. The van der Waals surface area contributed by atoms with Gasteiger partial charge in [-0.05, 0) is 31.9 Å². The van der Waals surface area contributed by atoms with Gasteiger partial charge in [-0.2, -0.15) is 0 Å². The highest BCUT2D eigenvalue weighted by Crippen LogP contribution is 2.30. The van der Waals surface area contributed by atoms with Crippen LogP contribution < -0.4 is 4.90 Å². The van der Waals surface area contributed by atoms with Crippen LogP contribution in [0.3, 0.4) is 0 Å². The molecule has 2 rings (SSSR count). The van der Waals surface area contributed by atoms with Crippen molar-refractivity contribution in [2.45, 2.75) is 31.1 Å². The molecule has 0 saturated carbocycles. The summed E-state index contributed by atoms with van der Waals surface area (Å²) in [7, 11) is 0. The van der Waals surface area contributed by atoms with Gasteiger partial charge in [0.15, 0.2) is 0 Å². The van der Waals surface area contributed by atoms with Crippen LogP contribution in [-0.4, -0.2) is 17.5 Å². The van der Waals surface area contributed by atoms with Crippen LogP contribution >= 0.6 is 15.9 Å². The summed E-state index contributed by atoms with van der Waals surface area (Å²) in [6.07, 6.45) is 2.39. The van der Waals surface area contributed by atoms with E-state index in [0.717, 1.165) is 17.8 Å². The van der Waals surface area contributed by atoms with E-state index in [1.54, 1.807) is 6.07 Å². The van der Waals surface area contributed by atoms with Crippen LogP contribution in [0.4, 0.5) is 11.4 Å². The van der Waals surface area contributed by atoms with E-state index in [4.69, 9.17) is 0 Å². The molecule has 1 fully saturated rings. The molecule has 0 aromatic heterocycles. The summed E-state index contributed by atoms with van der Waals surface area (Å²) in [5.41, 5.74) is 2.03. The third-order valence-corrected chi connectivity index (χ3v) is 3.89. The fourth-order valence-electron chi connectivity index (χ4n) is 2.35. The summed E-state index contributed by atoms with van der Waals surface area (Å²) in [4.78, 5) is 12.8. The second-order valence-corrected chi connectivity index (χ2v) is 4.95. The molecule has 92 valence electrons. The van der Waals surface area contributed by atoms with Crippen LogP contribution in [0.25, 0.3) is 0 Å². The van der Waals surface area contributed by atoms with Gasteiger partial charge in [-0.3, -0.25) is 10.1 Å². The quantitative estimate of drug-likeness (QED) is 0.487. The lowest BCUT2D eigenvalue weighted by molar-refractivity contribution is -0.385. The summed E-state index contributed by atoms with van der Waals surface area (Å²) in [6.45, 7) is 3.24. The molecule has 1 aromatic carbocycles. The molecule has 1 saturated heterocycles. The number of alkyl halides is 1. The molecule has 0 bridgehead atoms. The smallest absolute Gasteiger partial charge is 0.273 e. The van der Waals surface area contributed by atoms with Crippen molar-refractivity contribution in [2.24, 2.45) is 0 Å². The first kappa shape index (κ1) is 12.4. The third kappa shape index (κ3) is 2.44. The highest BCUT2D eigenvalue weighted by Gasteiger charge is 2.22. The lowest BCUT2D eigenvalue weighted by atomic mass is 10.1. The van der Waals surface area contributed by atoms with Crippen LogP contribution in [0.5, 0.6) is 0 Å². The first-order valence-corrected chi connectivity index (χ1v) is 6.85. The van der Waals surface area contributed by atoms with Crippen molar-refractivity contribution in [3.05, 3.63) is 33.9 Å². The minimum absolute atomic E-state index is 0.192. The largest absolute Gasteiger partial charge is 0.369 e. The number of hydrogen-bond acceptors (Lipinski definition) is 3. The van der Waals surface area contributed by atoms with Crippen LogP contribution in [0.1, 0.15) is 25.3 Å². The lowest BCUT2D eigenvalue weighted by Gasteiger charge is -2.24. The molecule has 4 nitrogen and oxygen atoms in total. The van der Waals surface area contributed by atoms with Crippen molar-refractivity contribution in [1.82, 2.24) is 0 Å². The average molecular weight is 299 g/mol. The normalized spacial score (nSPS) is 19.6. The summed E-state index contributed by atoms with van der Waals surface area (Å²) < 4.78 is 0. The minimum Gasteiger partial charge on any atom is -0.369 e. The molecule has 5 heteroatoms. The zero-order valence-electron chi connectivity index (χ0n) is 9.73. The molecular formula is C12H15BrN2O2. The first-order chi connectivity index (χ1) is 8.13. The monoisotopic (exact) mass is 298 g/mol. The Kier molecular flexibility index (Phi) is 3.66. The predicted molar refractivity (Wildman–Crippen MR) is 71.8 cm³/mol. The number of nitrogens with zero attached hydrogens (tertiary/aromatic N) is 2. The molecule has 1 heterocycles. The second-order valence-electron chi connectivity index (χ2n) is 4.39. The van der Waals surface area contributed by atoms with Gasteiger partial charge in [-0.1, -0.05) is 15.9 Å². The molecule has 0 N–H and O–H groups in total. The van der Waals surface area contributed by atoms with Gasteiger partial charge in [-0.25, -0.2) is 0 Å². The third-order valence-electron chi connectivity index (χ3n) is 3.29. The maximum Gasteiger partial charge on any atom is 0.273 e. The highest BCUT2D eigenvalue weighted by atomic mass is 79.9. The highest BCUT2D eigenvalue weighted by molar-refractivity contribution is 9.08. The van der Waals surface area contributed by atoms with Gasteiger partial charge >= 0.3 is 0 Å². The second kappa shape index (κ2) is 5.04. The van der Waals surface area contributed by atoms with Gasteiger partial charge in [0.1, 0.15) is 0 Å². The molecule has 1 aliphatic rings. The Hall–Kier alpha value is -1.10. The molecule has 17 heavy (non-hydrogen) atoms. The number of benzene rings is 1. The van der Waals surface area contributed by atoms with Crippen molar-refractivity contribution in [3.8, 4) is 0 Å².